The van der Waals surface area contributed by atoms with Crippen molar-refractivity contribution in [2.75, 3.05) is 5.32 Å². The number of hydrogen-bond donors (Lipinski definition) is 1. The minimum Gasteiger partial charge on any atom is -0.305 e. The summed E-state index contributed by atoms with van der Waals surface area (Å²) in [5.41, 5.74) is 1.03. The van der Waals surface area contributed by atoms with Gasteiger partial charge in [-0.2, -0.15) is 0 Å². The van der Waals surface area contributed by atoms with E-state index in [2.05, 4.69) is 20.5 Å². The number of nitrogens with one attached hydrogen (secondary N) is 1. The number of carbonyl (C=O) groups excluding carboxylic acids is 1. The fourth-order valence-corrected chi connectivity index (χ4v) is 1.71. The first kappa shape index (κ1) is 11.3. The highest BCUT2D eigenvalue weighted by Crippen LogP contribution is 2.11. The fourth-order valence-electron chi connectivity index (χ4n) is 1.71. The number of pyridine rings is 1. The molecule has 2 heterocycles. The molecule has 0 aliphatic rings. The van der Waals surface area contributed by atoms with Crippen LogP contribution in [0.4, 0.5) is 5.82 Å². The van der Waals surface area contributed by atoms with E-state index in [4.69, 9.17) is 0 Å². The number of benzene rings is 1. The maximum atomic E-state index is 12.0. The first-order valence-corrected chi connectivity index (χ1v) is 5.78. The van der Waals surface area contributed by atoms with E-state index in [1.54, 1.807) is 30.5 Å². The molecule has 0 aliphatic carbocycles. The van der Waals surface area contributed by atoms with Crippen molar-refractivity contribution >= 4 is 22.6 Å². The zero-order valence-electron chi connectivity index (χ0n) is 9.95. The van der Waals surface area contributed by atoms with Gasteiger partial charge in [-0.15, -0.1) is 10.2 Å². The van der Waals surface area contributed by atoms with Gasteiger partial charge in [-0.05, 0) is 24.3 Å². The normalized spacial score (nSPS) is 10.3. The van der Waals surface area contributed by atoms with Gasteiger partial charge in [0, 0.05) is 11.6 Å². The summed E-state index contributed by atoms with van der Waals surface area (Å²) in [5, 5.41) is 11.5. The molecule has 0 fully saturated rings. The third-order valence-electron chi connectivity index (χ3n) is 2.63. The summed E-state index contributed by atoms with van der Waals surface area (Å²) < 4.78 is 0. The second-order valence-corrected chi connectivity index (χ2v) is 3.96. The molecule has 1 N–H and O–H groups in total. The summed E-state index contributed by atoms with van der Waals surface area (Å²) in [4.78, 5) is 16.0. The Morgan fingerprint density at radius 1 is 1.00 bits per heavy atom. The largest absolute Gasteiger partial charge is 0.305 e. The standard InChI is InChI=1S/C14H10N4O/c19-14(16-13-7-3-4-8-15-13)12-9-10-5-1-2-6-11(10)17-18-12/h1-9H,(H,15,16,19). The molecule has 0 aliphatic heterocycles. The smallest absolute Gasteiger partial charge is 0.277 e. The summed E-state index contributed by atoms with van der Waals surface area (Å²) in [6.45, 7) is 0. The number of nitrogens with zero attached hydrogens (tertiary/aromatic N) is 3. The second-order valence-electron chi connectivity index (χ2n) is 3.96. The van der Waals surface area contributed by atoms with Crippen LogP contribution >= 0.6 is 0 Å². The molecule has 0 bridgehead atoms. The van der Waals surface area contributed by atoms with E-state index in [9.17, 15) is 4.79 Å². The predicted octanol–water partition coefficient (Wildman–Crippen LogP) is 2.28. The summed E-state index contributed by atoms with van der Waals surface area (Å²) in [7, 11) is 0. The van der Waals surface area contributed by atoms with Crippen molar-refractivity contribution in [3.8, 4) is 0 Å². The van der Waals surface area contributed by atoms with E-state index in [1.165, 1.54) is 0 Å². The molecule has 92 valence electrons. The van der Waals surface area contributed by atoms with Crippen LogP contribution in [0.2, 0.25) is 0 Å². The highest BCUT2D eigenvalue weighted by Gasteiger charge is 2.09. The van der Waals surface area contributed by atoms with Crippen molar-refractivity contribution in [1.29, 1.82) is 0 Å². The molecule has 0 saturated heterocycles. The quantitative estimate of drug-likeness (QED) is 0.757. The molecule has 5 heteroatoms. The Bertz CT molecular complexity index is 728. The van der Waals surface area contributed by atoms with Gasteiger partial charge < -0.3 is 5.32 Å². The van der Waals surface area contributed by atoms with Crippen LogP contribution in [-0.2, 0) is 0 Å². The van der Waals surface area contributed by atoms with Crippen molar-refractivity contribution in [2.45, 2.75) is 0 Å². The van der Waals surface area contributed by atoms with E-state index in [0.29, 0.717) is 5.82 Å². The molecule has 1 aromatic carbocycles. The molecule has 0 unspecified atom stereocenters. The number of anilines is 1. The minimum atomic E-state index is -0.322. The van der Waals surface area contributed by atoms with Gasteiger partial charge in [0.15, 0.2) is 5.69 Å². The number of amides is 1. The average Bonchev–Trinajstić information content (AvgIpc) is 2.48. The first-order chi connectivity index (χ1) is 9.33. The molecule has 0 radical (unpaired) electrons. The number of carbonyl (C=O) groups is 1. The van der Waals surface area contributed by atoms with Gasteiger partial charge in [-0.1, -0.05) is 24.3 Å². The molecule has 3 rings (SSSR count). The zero-order chi connectivity index (χ0) is 13.1. The van der Waals surface area contributed by atoms with E-state index in [1.807, 2.05) is 24.3 Å². The Hall–Kier alpha value is -2.82. The number of hydrogen-bond acceptors (Lipinski definition) is 4. The second kappa shape index (κ2) is 4.81. The lowest BCUT2D eigenvalue weighted by Gasteiger charge is -2.03. The SMILES string of the molecule is O=C(Nc1ccccn1)c1cc2ccccc2nn1. The Morgan fingerprint density at radius 2 is 1.84 bits per heavy atom. The predicted molar refractivity (Wildman–Crippen MR) is 71.7 cm³/mol. The summed E-state index contributed by atoms with van der Waals surface area (Å²) in [5.74, 6) is 0.166. The van der Waals surface area contributed by atoms with Crippen LogP contribution < -0.4 is 5.32 Å². The molecule has 1 amide bonds. The maximum Gasteiger partial charge on any atom is 0.277 e. The lowest BCUT2D eigenvalue weighted by Crippen LogP contribution is -2.15. The molecular weight excluding hydrogens is 240 g/mol. The van der Waals surface area contributed by atoms with Crippen LogP contribution in [-0.4, -0.2) is 21.1 Å². The highest BCUT2D eigenvalue weighted by molar-refractivity contribution is 6.03. The molecule has 0 saturated carbocycles. The molecule has 5 nitrogen and oxygen atoms in total. The van der Waals surface area contributed by atoms with Gasteiger partial charge >= 0.3 is 0 Å². The molecule has 19 heavy (non-hydrogen) atoms. The first-order valence-electron chi connectivity index (χ1n) is 5.78. The van der Waals surface area contributed by atoms with Gasteiger partial charge in [0.05, 0.1) is 5.52 Å². The Morgan fingerprint density at radius 3 is 2.68 bits per heavy atom. The van der Waals surface area contributed by atoms with Crippen molar-refractivity contribution in [2.24, 2.45) is 0 Å². The van der Waals surface area contributed by atoms with Crippen LogP contribution in [0.5, 0.6) is 0 Å². The molecular formula is C14H10N4O. The maximum absolute atomic E-state index is 12.0. The lowest BCUT2D eigenvalue weighted by atomic mass is 10.2. The van der Waals surface area contributed by atoms with E-state index in [0.717, 1.165) is 10.9 Å². The van der Waals surface area contributed by atoms with E-state index >= 15 is 0 Å². The van der Waals surface area contributed by atoms with Gasteiger partial charge in [-0.25, -0.2) is 4.98 Å². The van der Waals surface area contributed by atoms with Crippen molar-refractivity contribution < 1.29 is 4.79 Å². The van der Waals surface area contributed by atoms with Crippen molar-refractivity contribution in [3.05, 3.63) is 60.4 Å². The monoisotopic (exact) mass is 250 g/mol. The Kier molecular flexibility index (Phi) is 2.86. The topological polar surface area (TPSA) is 67.8 Å². The number of fused-ring (bicyclic) bond motifs is 1. The lowest BCUT2D eigenvalue weighted by molar-refractivity contribution is 0.102. The Labute approximate surface area is 109 Å². The molecule has 3 aromatic rings. The zero-order valence-corrected chi connectivity index (χ0v) is 9.95. The van der Waals surface area contributed by atoms with Gasteiger partial charge in [-0.3, -0.25) is 4.79 Å². The summed E-state index contributed by atoms with van der Waals surface area (Å²) in [6, 6.07) is 14.5. The third-order valence-corrected chi connectivity index (χ3v) is 2.63. The summed E-state index contributed by atoms with van der Waals surface area (Å²) in [6.07, 6.45) is 1.61. The van der Waals surface area contributed by atoms with Crippen LogP contribution in [0, 0.1) is 0 Å². The third kappa shape index (κ3) is 2.40. The van der Waals surface area contributed by atoms with Crippen LogP contribution in [0.25, 0.3) is 10.9 Å². The number of aromatic nitrogens is 3. The Balaban J connectivity index is 1.89. The highest BCUT2D eigenvalue weighted by atomic mass is 16.2. The van der Waals surface area contributed by atoms with Crippen molar-refractivity contribution in [1.82, 2.24) is 15.2 Å². The minimum absolute atomic E-state index is 0.268. The van der Waals surface area contributed by atoms with Crippen LogP contribution in [0.3, 0.4) is 0 Å². The van der Waals surface area contributed by atoms with Gasteiger partial charge in [0.2, 0.25) is 0 Å². The summed E-state index contributed by atoms with van der Waals surface area (Å²) >= 11 is 0. The van der Waals surface area contributed by atoms with Gasteiger partial charge in [0.25, 0.3) is 5.91 Å². The van der Waals surface area contributed by atoms with E-state index < -0.39 is 0 Å². The molecule has 0 spiro atoms. The van der Waals surface area contributed by atoms with E-state index in [-0.39, 0.29) is 11.6 Å². The van der Waals surface area contributed by atoms with Crippen molar-refractivity contribution in [3.63, 3.8) is 0 Å². The van der Waals surface area contributed by atoms with Crippen LogP contribution in [0.1, 0.15) is 10.5 Å². The van der Waals surface area contributed by atoms with Gasteiger partial charge in [0.1, 0.15) is 5.82 Å². The molecule has 0 atom stereocenters. The number of rotatable bonds is 2. The molecule has 2 aromatic heterocycles. The van der Waals surface area contributed by atoms with Crippen LogP contribution in [0.15, 0.2) is 54.7 Å². The average molecular weight is 250 g/mol. The fraction of sp³-hybridized carbons (Fsp3) is 0.